The van der Waals surface area contributed by atoms with Crippen LogP contribution in [0.4, 0.5) is 0 Å². The lowest BCUT2D eigenvalue weighted by atomic mass is 9.93. The molecule has 4 nitrogen and oxygen atoms in total. The van der Waals surface area contributed by atoms with Gasteiger partial charge in [-0.25, -0.2) is 0 Å². The van der Waals surface area contributed by atoms with Crippen LogP contribution in [0, 0.1) is 0 Å². The van der Waals surface area contributed by atoms with E-state index in [9.17, 15) is 5.11 Å². The smallest absolute Gasteiger partial charge is 0.0893 e. The fourth-order valence-corrected chi connectivity index (χ4v) is 2.37. The molecule has 1 aromatic rings. The molecule has 0 aliphatic rings. The van der Waals surface area contributed by atoms with Crippen molar-refractivity contribution in [2.75, 3.05) is 6.54 Å². The van der Waals surface area contributed by atoms with Crippen LogP contribution in [0.3, 0.4) is 0 Å². The highest BCUT2D eigenvalue weighted by Gasteiger charge is 2.23. The van der Waals surface area contributed by atoms with Gasteiger partial charge in [0.05, 0.1) is 11.3 Å². The Morgan fingerprint density at radius 3 is 2.56 bits per heavy atom. The molecule has 0 aliphatic carbocycles. The lowest BCUT2D eigenvalue weighted by Crippen LogP contribution is -2.40. The molecular weight excluding hydrogens is 222 g/mol. The van der Waals surface area contributed by atoms with Gasteiger partial charge in [0, 0.05) is 18.5 Å². The van der Waals surface area contributed by atoms with Gasteiger partial charge in [-0.15, -0.1) is 5.10 Å². The molecule has 0 amide bonds. The van der Waals surface area contributed by atoms with Crippen molar-refractivity contribution < 1.29 is 5.11 Å². The molecule has 1 heterocycles. The molecule has 0 aromatic carbocycles. The molecule has 5 heteroatoms. The monoisotopic (exact) mass is 243 g/mol. The minimum absolute atomic E-state index is 0.563. The zero-order chi connectivity index (χ0) is 11.9. The van der Waals surface area contributed by atoms with Crippen LogP contribution in [0.5, 0.6) is 0 Å². The molecular formula is C11H21N3OS. The Kier molecular flexibility index (Phi) is 5.87. The molecule has 0 atom stereocenters. The maximum Gasteiger partial charge on any atom is 0.0893 e. The molecule has 1 aromatic heterocycles. The second-order valence-electron chi connectivity index (χ2n) is 4.22. The number of aliphatic hydroxyl groups is 1. The Morgan fingerprint density at radius 1 is 1.38 bits per heavy atom. The van der Waals surface area contributed by atoms with Crippen LogP contribution in [0.1, 0.15) is 45.2 Å². The first-order chi connectivity index (χ1) is 7.70. The van der Waals surface area contributed by atoms with Crippen molar-refractivity contribution in [3.63, 3.8) is 0 Å². The summed E-state index contributed by atoms with van der Waals surface area (Å²) in [6.45, 7) is 5.52. The molecule has 0 spiro atoms. The Bertz CT molecular complexity index is 271. The normalized spacial score (nSPS) is 11.9. The standard InChI is InChI=1S/C11H21N3OS/c1-3-5-11(15,6-4-2)9-12-7-10-8-16-14-13-10/h8,12,15H,3-7,9H2,1-2H3. The molecule has 0 radical (unpaired) electrons. The summed E-state index contributed by atoms with van der Waals surface area (Å²) < 4.78 is 3.80. The zero-order valence-electron chi connectivity index (χ0n) is 10.1. The van der Waals surface area contributed by atoms with Crippen LogP contribution in [-0.4, -0.2) is 26.8 Å². The average Bonchev–Trinajstić information content (AvgIpc) is 2.71. The van der Waals surface area contributed by atoms with Crippen molar-refractivity contribution in [1.29, 1.82) is 0 Å². The highest BCUT2D eigenvalue weighted by atomic mass is 32.1. The summed E-state index contributed by atoms with van der Waals surface area (Å²) in [5.74, 6) is 0. The molecule has 0 saturated heterocycles. The van der Waals surface area contributed by atoms with E-state index in [1.54, 1.807) is 0 Å². The third kappa shape index (κ3) is 4.55. The quantitative estimate of drug-likeness (QED) is 0.733. The van der Waals surface area contributed by atoms with E-state index in [4.69, 9.17) is 0 Å². The fourth-order valence-electron chi connectivity index (χ4n) is 1.92. The zero-order valence-corrected chi connectivity index (χ0v) is 10.9. The SMILES string of the molecule is CCCC(O)(CCC)CNCc1csnn1. The topological polar surface area (TPSA) is 58.0 Å². The molecule has 0 aliphatic heterocycles. The van der Waals surface area contributed by atoms with Crippen molar-refractivity contribution in [2.45, 2.75) is 51.7 Å². The van der Waals surface area contributed by atoms with Gasteiger partial charge in [0.1, 0.15) is 0 Å². The largest absolute Gasteiger partial charge is 0.389 e. The summed E-state index contributed by atoms with van der Waals surface area (Å²) in [5, 5.41) is 19.5. The van der Waals surface area contributed by atoms with Gasteiger partial charge in [-0.1, -0.05) is 31.2 Å². The van der Waals surface area contributed by atoms with Gasteiger partial charge in [0.2, 0.25) is 0 Å². The fraction of sp³-hybridized carbons (Fsp3) is 0.818. The molecule has 2 N–H and O–H groups in total. The molecule has 1 rings (SSSR count). The van der Waals surface area contributed by atoms with E-state index in [0.29, 0.717) is 13.1 Å². The lowest BCUT2D eigenvalue weighted by Gasteiger charge is -2.27. The highest BCUT2D eigenvalue weighted by molar-refractivity contribution is 7.03. The summed E-state index contributed by atoms with van der Waals surface area (Å²) >= 11 is 1.35. The number of aromatic nitrogens is 2. The number of nitrogens with one attached hydrogen (secondary N) is 1. The Labute approximate surface area is 101 Å². The van der Waals surface area contributed by atoms with Gasteiger partial charge in [0.25, 0.3) is 0 Å². The summed E-state index contributed by atoms with van der Waals surface area (Å²) in [6.07, 6.45) is 3.72. The van der Waals surface area contributed by atoms with E-state index in [1.165, 1.54) is 11.5 Å². The molecule has 0 fully saturated rings. The summed E-state index contributed by atoms with van der Waals surface area (Å²) in [4.78, 5) is 0. The predicted molar refractivity (Wildman–Crippen MR) is 66.4 cm³/mol. The van der Waals surface area contributed by atoms with E-state index >= 15 is 0 Å². The number of hydrogen-bond acceptors (Lipinski definition) is 5. The molecule has 0 saturated carbocycles. The highest BCUT2D eigenvalue weighted by Crippen LogP contribution is 2.18. The first-order valence-electron chi connectivity index (χ1n) is 5.89. The molecule has 16 heavy (non-hydrogen) atoms. The third-order valence-corrected chi connectivity index (χ3v) is 3.15. The number of rotatable bonds is 8. The van der Waals surface area contributed by atoms with Crippen LogP contribution in [-0.2, 0) is 6.54 Å². The van der Waals surface area contributed by atoms with Crippen LogP contribution >= 0.6 is 11.5 Å². The van der Waals surface area contributed by atoms with E-state index in [2.05, 4.69) is 28.8 Å². The van der Waals surface area contributed by atoms with Gasteiger partial charge in [-0.2, -0.15) is 0 Å². The van der Waals surface area contributed by atoms with Gasteiger partial charge in [0.15, 0.2) is 0 Å². The van der Waals surface area contributed by atoms with E-state index in [1.807, 2.05) is 5.38 Å². The van der Waals surface area contributed by atoms with Crippen molar-refractivity contribution >= 4 is 11.5 Å². The van der Waals surface area contributed by atoms with E-state index in [0.717, 1.165) is 31.4 Å². The number of nitrogens with zero attached hydrogens (tertiary/aromatic N) is 2. The predicted octanol–water partition coefficient (Wildman–Crippen LogP) is 1.96. The van der Waals surface area contributed by atoms with E-state index in [-0.39, 0.29) is 0 Å². The maximum absolute atomic E-state index is 10.3. The molecule has 0 bridgehead atoms. The van der Waals surface area contributed by atoms with Gasteiger partial charge < -0.3 is 10.4 Å². The minimum Gasteiger partial charge on any atom is -0.389 e. The van der Waals surface area contributed by atoms with Crippen molar-refractivity contribution in [3.8, 4) is 0 Å². The second kappa shape index (κ2) is 6.93. The first-order valence-corrected chi connectivity index (χ1v) is 6.73. The van der Waals surface area contributed by atoms with Crippen LogP contribution in [0.2, 0.25) is 0 Å². The van der Waals surface area contributed by atoms with Gasteiger partial charge in [-0.05, 0) is 24.4 Å². The van der Waals surface area contributed by atoms with Crippen molar-refractivity contribution in [1.82, 2.24) is 14.9 Å². The van der Waals surface area contributed by atoms with Crippen LogP contribution < -0.4 is 5.32 Å². The Morgan fingerprint density at radius 2 is 2.06 bits per heavy atom. The summed E-state index contributed by atoms with van der Waals surface area (Å²) in [5.41, 5.74) is 0.382. The first kappa shape index (κ1) is 13.5. The maximum atomic E-state index is 10.3. The van der Waals surface area contributed by atoms with Crippen molar-refractivity contribution in [2.24, 2.45) is 0 Å². The summed E-state index contributed by atoms with van der Waals surface area (Å²) in [7, 11) is 0. The molecule has 0 unspecified atom stereocenters. The molecule has 92 valence electrons. The van der Waals surface area contributed by atoms with Crippen LogP contribution in [0.15, 0.2) is 5.38 Å². The Balaban J connectivity index is 2.32. The number of hydrogen-bond donors (Lipinski definition) is 2. The van der Waals surface area contributed by atoms with Crippen LogP contribution in [0.25, 0.3) is 0 Å². The average molecular weight is 243 g/mol. The lowest BCUT2D eigenvalue weighted by molar-refractivity contribution is 0.0214. The second-order valence-corrected chi connectivity index (χ2v) is 4.83. The minimum atomic E-state index is -0.563. The van der Waals surface area contributed by atoms with E-state index < -0.39 is 5.60 Å². The van der Waals surface area contributed by atoms with Gasteiger partial charge in [-0.3, -0.25) is 0 Å². The van der Waals surface area contributed by atoms with Crippen molar-refractivity contribution in [3.05, 3.63) is 11.1 Å². The Hall–Kier alpha value is -0.520. The summed E-state index contributed by atoms with van der Waals surface area (Å²) in [6, 6.07) is 0. The third-order valence-electron chi connectivity index (χ3n) is 2.60. The van der Waals surface area contributed by atoms with Gasteiger partial charge >= 0.3 is 0 Å².